The summed E-state index contributed by atoms with van der Waals surface area (Å²) in [6.45, 7) is 4.64. The fourth-order valence-electron chi connectivity index (χ4n) is 3.33. The summed E-state index contributed by atoms with van der Waals surface area (Å²) >= 11 is 3.31. The van der Waals surface area contributed by atoms with Crippen LogP contribution in [0, 0.1) is 0 Å². The van der Waals surface area contributed by atoms with Gasteiger partial charge in [-0.3, -0.25) is 9.69 Å². The summed E-state index contributed by atoms with van der Waals surface area (Å²) in [6.07, 6.45) is 0.788. The molecule has 2 heterocycles. The zero-order chi connectivity index (χ0) is 18.8. The van der Waals surface area contributed by atoms with Crippen molar-refractivity contribution < 1.29 is 9.53 Å². The minimum atomic E-state index is -0.0733. The maximum atomic E-state index is 13.3. The van der Waals surface area contributed by atoms with Gasteiger partial charge in [-0.05, 0) is 44.0 Å². The number of aliphatic imine (C=N–C) groups is 1. The Morgan fingerprint density at radius 2 is 2.00 bits per heavy atom. The second kappa shape index (κ2) is 7.98. The normalized spacial score (nSPS) is 22.9. The van der Waals surface area contributed by atoms with Gasteiger partial charge in [0.05, 0.1) is 11.9 Å². The van der Waals surface area contributed by atoms with Crippen molar-refractivity contribution >= 4 is 40.3 Å². The number of fused-ring (bicyclic) bond motifs is 1. The number of carbonyl (C=O) groups excluding carboxylic acids is 1. The molecule has 4 nitrogen and oxygen atoms in total. The average Bonchev–Trinajstić information content (AvgIpc) is 3.27. The lowest BCUT2D eigenvalue weighted by molar-refractivity contribution is -0.127. The van der Waals surface area contributed by atoms with Crippen molar-refractivity contribution in [3.8, 4) is 5.75 Å². The van der Waals surface area contributed by atoms with Gasteiger partial charge in [-0.25, -0.2) is 4.99 Å². The molecule has 140 valence electrons. The van der Waals surface area contributed by atoms with E-state index in [1.807, 2.05) is 48.2 Å². The number of thioether (sulfide) groups is 2. The molecule has 2 aromatic rings. The van der Waals surface area contributed by atoms with Crippen LogP contribution in [0.4, 0.5) is 5.69 Å². The zero-order valence-electron chi connectivity index (χ0n) is 15.4. The fourth-order valence-corrected chi connectivity index (χ4v) is 5.69. The van der Waals surface area contributed by atoms with E-state index in [0.717, 1.165) is 28.8 Å². The van der Waals surface area contributed by atoms with Crippen LogP contribution in [0.5, 0.6) is 5.75 Å². The summed E-state index contributed by atoms with van der Waals surface area (Å²) in [5.41, 5.74) is 2.04. The predicted octanol–water partition coefficient (Wildman–Crippen LogP) is 4.75. The van der Waals surface area contributed by atoms with Gasteiger partial charge in [0.1, 0.15) is 11.4 Å². The van der Waals surface area contributed by atoms with Gasteiger partial charge in [0, 0.05) is 16.7 Å². The Kier molecular flexibility index (Phi) is 5.45. The zero-order valence-corrected chi connectivity index (χ0v) is 17.1. The number of amidine groups is 1. The molecule has 2 aliphatic heterocycles. The molecule has 2 unspecified atom stereocenters. The summed E-state index contributed by atoms with van der Waals surface area (Å²) in [5.74, 6) is 1.77. The lowest BCUT2D eigenvalue weighted by atomic mass is 10.1. The van der Waals surface area contributed by atoms with E-state index < -0.39 is 0 Å². The van der Waals surface area contributed by atoms with Crippen LogP contribution in [0.3, 0.4) is 0 Å². The molecule has 2 atom stereocenters. The van der Waals surface area contributed by atoms with Gasteiger partial charge in [0.25, 0.3) is 0 Å². The first kappa shape index (κ1) is 18.4. The Morgan fingerprint density at radius 3 is 2.81 bits per heavy atom. The molecular weight excluding hydrogens is 376 g/mol. The third-order valence-corrected chi connectivity index (χ3v) is 7.14. The molecular formula is C21H22N2O2S2. The Hall–Kier alpha value is -1.92. The summed E-state index contributed by atoms with van der Waals surface area (Å²) in [5, 5.41) is 0.701. The number of amides is 1. The van der Waals surface area contributed by atoms with Crippen LogP contribution in [-0.4, -0.2) is 39.6 Å². The van der Waals surface area contributed by atoms with Gasteiger partial charge in [0.2, 0.25) is 5.91 Å². The van der Waals surface area contributed by atoms with Crippen molar-refractivity contribution in [1.29, 1.82) is 0 Å². The van der Waals surface area contributed by atoms with Crippen LogP contribution in [-0.2, 0) is 11.2 Å². The smallest absolute Gasteiger partial charge is 0.242 e. The Morgan fingerprint density at radius 1 is 1.22 bits per heavy atom. The highest BCUT2D eigenvalue weighted by Gasteiger charge is 2.39. The standard InChI is InChI=1S/C21H22N2O2S2/c1-3-25-17-10-6-5-9-16(17)22-21-23(14(2)13-26-21)20(24)19-12-15-8-4-7-11-18(15)27-19/h4-11,14,19H,3,12-13H2,1-2H3. The molecule has 0 bridgehead atoms. The molecule has 0 aromatic heterocycles. The maximum Gasteiger partial charge on any atom is 0.242 e. The number of rotatable bonds is 4. The molecule has 0 radical (unpaired) electrons. The molecule has 1 amide bonds. The van der Waals surface area contributed by atoms with Gasteiger partial charge < -0.3 is 4.74 Å². The Balaban J connectivity index is 1.59. The van der Waals surface area contributed by atoms with Crippen molar-refractivity contribution in [3.05, 3.63) is 54.1 Å². The lowest BCUT2D eigenvalue weighted by Gasteiger charge is -2.24. The van der Waals surface area contributed by atoms with E-state index in [1.165, 1.54) is 10.5 Å². The molecule has 6 heteroatoms. The number of para-hydroxylation sites is 2. The van der Waals surface area contributed by atoms with Crippen molar-refractivity contribution in [1.82, 2.24) is 4.90 Å². The van der Waals surface area contributed by atoms with E-state index in [1.54, 1.807) is 23.5 Å². The summed E-state index contributed by atoms with van der Waals surface area (Å²) in [6, 6.07) is 16.2. The monoisotopic (exact) mass is 398 g/mol. The molecule has 0 aliphatic carbocycles. The number of carbonyl (C=O) groups is 1. The molecule has 1 saturated heterocycles. The highest BCUT2D eigenvalue weighted by Crippen LogP contribution is 2.40. The average molecular weight is 399 g/mol. The first-order valence-electron chi connectivity index (χ1n) is 9.18. The highest BCUT2D eigenvalue weighted by molar-refractivity contribution is 8.14. The van der Waals surface area contributed by atoms with Crippen molar-refractivity contribution in [2.45, 2.75) is 36.5 Å². The Bertz CT molecular complexity index is 859. The fraction of sp³-hybridized carbons (Fsp3) is 0.333. The van der Waals surface area contributed by atoms with Crippen molar-refractivity contribution in [2.24, 2.45) is 4.99 Å². The van der Waals surface area contributed by atoms with Gasteiger partial charge in [0.15, 0.2) is 5.17 Å². The van der Waals surface area contributed by atoms with E-state index in [-0.39, 0.29) is 17.2 Å². The number of benzene rings is 2. The van der Waals surface area contributed by atoms with Crippen LogP contribution in [0.1, 0.15) is 19.4 Å². The first-order valence-corrected chi connectivity index (χ1v) is 11.0. The van der Waals surface area contributed by atoms with Crippen LogP contribution >= 0.6 is 23.5 Å². The molecule has 27 heavy (non-hydrogen) atoms. The molecule has 0 saturated carbocycles. The SMILES string of the molecule is CCOc1ccccc1N=C1SCC(C)N1C(=O)C1Cc2ccccc2S1. The summed E-state index contributed by atoms with van der Waals surface area (Å²) < 4.78 is 5.69. The van der Waals surface area contributed by atoms with Crippen LogP contribution in [0.2, 0.25) is 0 Å². The second-order valence-corrected chi connectivity index (χ2v) is 8.81. The highest BCUT2D eigenvalue weighted by atomic mass is 32.2. The maximum absolute atomic E-state index is 13.3. The first-order chi connectivity index (χ1) is 13.2. The van der Waals surface area contributed by atoms with E-state index in [4.69, 9.17) is 9.73 Å². The quantitative estimate of drug-likeness (QED) is 0.745. The van der Waals surface area contributed by atoms with E-state index in [2.05, 4.69) is 19.1 Å². The number of ether oxygens (including phenoxy) is 1. The molecule has 0 spiro atoms. The number of hydrogen-bond donors (Lipinski definition) is 0. The molecule has 4 rings (SSSR count). The lowest BCUT2D eigenvalue weighted by Crippen LogP contribution is -2.42. The van der Waals surface area contributed by atoms with Gasteiger partial charge in [-0.2, -0.15) is 0 Å². The minimum absolute atomic E-state index is 0.0733. The van der Waals surface area contributed by atoms with Crippen LogP contribution < -0.4 is 4.74 Å². The van der Waals surface area contributed by atoms with Crippen LogP contribution in [0.15, 0.2) is 58.4 Å². The molecule has 2 aromatic carbocycles. The number of hydrogen-bond acceptors (Lipinski definition) is 5. The third kappa shape index (κ3) is 3.73. The second-order valence-electron chi connectivity index (χ2n) is 6.58. The molecule has 1 fully saturated rings. The van der Waals surface area contributed by atoms with Gasteiger partial charge in [-0.15, -0.1) is 11.8 Å². The molecule has 0 N–H and O–H groups in total. The van der Waals surface area contributed by atoms with Crippen molar-refractivity contribution in [3.63, 3.8) is 0 Å². The Labute approximate surface area is 168 Å². The van der Waals surface area contributed by atoms with Crippen molar-refractivity contribution in [2.75, 3.05) is 12.4 Å². The third-order valence-electron chi connectivity index (χ3n) is 4.64. The predicted molar refractivity (Wildman–Crippen MR) is 113 cm³/mol. The number of nitrogens with zero attached hydrogens (tertiary/aromatic N) is 2. The summed E-state index contributed by atoms with van der Waals surface area (Å²) in [4.78, 5) is 21.2. The van der Waals surface area contributed by atoms with Gasteiger partial charge >= 0.3 is 0 Å². The topological polar surface area (TPSA) is 41.9 Å². The van der Waals surface area contributed by atoms with E-state index in [9.17, 15) is 4.79 Å². The van der Waals surface area contributed by atoms with E-state index in [0.29, 0.717) is 6.61 Å². The minimum Gasteiger partial charge on any atom is -0.492 e. The molecule has 2 aliphatic rings. The largest absolute Gasteiger partial charge is 0.492 e. The summed E-state index contributed by atoms with van der Waals surface area (Å²) in [7, 11) is 0. The van der Waals surface area contributed by atoms with Gasteiger partial charge in [-0.1, -0.05) is 42.1 Å². The van der Waals surface area contributed by atoms with E-state index >= 15 is 0 Å². The van der Waals surface area contributed by atoms with Crippen LogP contribution in [0.25, 0.3) is 0 Å².